The number of hydrogen-bond acceptors (Lipinski definition) is 5. The highest BCUT2D eigenvalue weighted by atomic mass is 16.3. The molecule has 0 unspecified atom stereocenters. The van der Waals surface area contributed by atoms with Gasteiger partial charge in [-0.05, 0) is 112 Å². The predicted octanol–water partition coefficient (Wildman–Crippen LogP) is 18.1. The Balaban J connectivity index is 1.06. The number of benzene rings is 10. The normalized spacial score (nSPS) is 12.9. The lowest BCUT2D eigenvalue weighted by Gasteiger charge is -2.28. The largest absolute Gasteiger partial charge is 0.456 e. The van der Waals surface area contributed by atoms with Crippen LogP contribution in [0.2, 0.25) is 0 Å². The molecule has 4 aromatic heterocycles. The Morgan fingerprint density at radius 2 is 0.959 bits per heavy atom. The highest BCUT2D eigenvalue weighted by molar-refractivity contribution is 6.21. The minimum atomic E-state index is -0.130. The van der Waals surface area contributed by atoms with Crippen LogP contribution in [0.15, 0.2) is 239 Å². The monoisotopic (exact) mass is 936 g/mol. The van der Waals surface area contributed by atoms with E-state index in [0.29, 0.717) is 5.82 Å². The quantitative estimate of drug-likeness (QED) is 0.159. The molecule has 14 aromatic rings. The van der Waals surface area contributed by atoms with Gasteiger partial charge in [-0.2, -0.15) is 0 Å². The average molecular weight is 937 g/mol. The molecule has 15 rings (SSSR count). The smallest absolute Gasteiger partial charge is 0.162 e. The van der Waals surface area contributed by atoms with Crippen LogP contribution in [0.4, 0.5) is 17.1 Å². The van der Waals surface area contributed by atoms with Crippen LogP contribution in [0.25, 0.3) is 116 Å². The molecule has 73 heavy (non-hydrogen) atoms. The van der Waals surface area contributed by atoms with Crippen molar-refractivity contribution in [3.63, 3.8) is 0 Å². The fourth-order valence-corrected chi connectivity index (χ4v) is 11.9. The lowest BCUT2D eigenvalue weighted by atomic mass is 9.82. The molecule has 1 aliphatic rings. The van der Waals surface area contributed by atoms with Gasteiger partial charge < -0.3 is 13.7 Å². The van der Waals surface area contributed by atoms with Crippen molar-refractivity contribution < 1.29 is 8.83 Å². The first-order chi connectivity index (χ1) is 36.0. The molecule has 1 aliphatic carbocycles. The second kappa shape index (κ2) is 15.7. The second-order valence-corrected chi connectivity index (χ2v) is 19.7. The first-order valence-corrected chi connectivity index (χ1v) is 24.9. The summed E-state index contributed by atoms with van der Waals surface area (Å²) in [5.41, 5.74) is 19.2. The maximum atomic E-state index is 6.59. The number of para-hydroxylation sites is 3. The van der Waals surface area contributed by atoms with Crippen LogP contribution in [0.5, 0.6) is 0 Å². The summed E-state index contributed by atoms with van der Waals surface area (Å²) in [6, 6.07) is 81.9. The maximum absolute atomic E-state index is 6.59. The van der Waals surface area contributed by atoms with Gasteiger partial charge in [0, 0.05) is 66.2 Å². The molecule has 6 nitrogen and oxygen atoms in total. The maximum Gasteiger partial charge on any atom is 0.162 e. The molecule has 0 amide bonds. The number of hydrogen-bond donors (Lipinski definition) is 0. The van der Waals surface area contributed by atoms with Crippen LogP contribution in [-0.4, -0.2) is 14.5 Å². The third kappa shape index (κ3) is 6.23. The van der Waals surface area contributed by atoms with Crippen molar-refractivity contribution in [3.8, 4) is 50.6 Å². The van der Waals surface area contributed by atoms with Crippen LogP contribution in [0, 0.1) is 0 Å². The number of fused-ring (bicyclic) bond motifs is 12. The van der Waals surface area contributed by atoms with Crippen molar-refractivity contribution in [1.29, 1.82) is 0 Å². The van der Waals surface area contributed by atoms with E-state index in [1.165, 1.54) is 22.3 Å². The van der Waals surface area contributed by atoms with Crippen molar-refractivity contribution in [3.05, 3.63) is 242 Å². The van der Waals surface area contributed by atoms with Gasteiger partial charge in [-0.25, -0.2) is 9.97 Å². The molecule has 0 aliphatic heterocycles. The molecular weight excluding hydrogens is 893 g/mol. The SMILES string of the molecule is CC1(C)c2ccccc2-c2cc(N(c3cccc(-c4ccccc4)c3)c3ccc4c(c3)c3c(-c5cccc6oc7ccccc7c56)nc(-c5cccc6oc7ccccc7c56)nc3n4-c3ccccc3)ccc21. The molecule has 344 valence electrons. The van der Waals surface area contributed by atoms with Gasteiger partial charge in [-0.1, -0.05) is 166 Å². The van der Waals surface area contributed by atoms with Crippen molar-refractivity contribution in [2.45, 2.75) is 19.3 Å². The van der Waals surface area contributed by atoms with E-state index in [1.54, 1.807) is 0 Å². The molecule has 0 radical (unpaired) electrons. The summed E-state index contributed by atoms with van der Waals surface area (Å²) in [5.74, 6) is 0.602. The molecule has 10 aromatic carbocycles. The molecule has 0 fully saturated rings. The number of aromatic nitrogens is 3. The van der Waals surface area contributed by atoms with Crippen LogP contribution in [0.1, 0.15) is 25.0 Å². The first-order valence-electron chi connectivity index (χ1n) is 24.9. The van der Waals surface area contributed by atoms with E-state index in [1.807, 2.05) is 36.4 Å². The minimum absolute atomic E-state index is 0.130. The number of anilines is 3. The summed E-state index contributed by atoms with van der Waals surface area (Å²) in [4.78, 5) is 13.9. The fourth-order valence-electron chi connectivity index (χ4n) is 11.9. The van der Waals surface area contributed by atoms with Crippen LogP contribution in [0.3, 0.4) is 0 Å². The van der Waals surface area contributed by atoms with E-state index in [9.17, 15) is 0 Å². The van der Waals surface area contributed by atoms with Gasteiger partial charge in [0.15, 0.2) is 5.82 Å². The minimum Gasteiger partial charge on any atom is -0.456 e. The zero-order valence-corrected chi connectivity index (χ0v) is 40.0. The van der Waals surface area contributed by atoms with Crippen LogP contribution >= 0.6 is 0 Å². The van der Waals surface area contributed by atoms with Gasteiger partial charge in [0.2, 0.25) is 0 Å². The van der Waals surface area contributed by atoms with Gasteiger partial charge in [0.1, 0.15) is 28.0 Å². The zero-order valence-electron chi connectivity index (χ0n) is 40.0. The van der Waals surface area contributed by atoms with Crippen molar-refractivity contribution in [1.82, 2.24) is 14.5 Å². The highest BCUT2D eigenvalue weighted by Crippen LogP contribution is 2.52. The fraction of sp³-hybridized carbons (Fsp3) is 0.0448. The van der Waals surface area contributed by atoms with E-state index >= 15 is 0 Å². The van der Waals surface area contributed by atoms with Crippen molar-refractivity contribution >= 4 is 82.9 Å². The summed E-state index contributed by atoms with van der Waals surface area (Å²) in [6.07, 6.45) is 0. The van der Waals surface area contributed by atoms with E-state index in [2.05, 4.69) is 217 Å². The molecule has 4 heterocycles. The molecular formula is C67H44N4O2. The Morgan fingerprint density at radius 1 is 0.397 bits per heavy atom. The molecule has 0 spiro atoms. The predicted molar refractivity (Wildman–Crippen MR) is 299 cm³/mol. The van der Waals surface area contributed by atoms with Gasteiger partial charge in [-0.15, -0.1) is 0 Å². The van der Waals surface area contributed by atoms with Crippen LogP contribution in [-0.2, 0) is 5.41 Å². The standard InChI is InChI=1S/C67H44N4O2/c1-67(2)54-29-12-9-24-47(54)52-39-45(34-36-55(52)67)70(44-23-15-20-42(38-44)41-18-5-3-6-19-41)46-35-37-56-53(40-46)63-64(50-27-16-32-59-61(50)48-25-10-13-30-57(48)72-59)68-65(69-66(63)71(56)43-21-7-4-8-22-43)51-28-17-33-60-62(51)49-26-11-14-31-58(49)73-60/h3-40H,1-2H3. The summed E-state index contributed by atoms with van der Waals surface area (Å²) in [6.45, 7) is 4.68. The summed E-state index contributed by atoms with van der Waals surface area (Å²) < 4.78 is 15.4. The Morgan fingerprint density at radius 3 is 1.73 bits per heavy atom. The number of rotatable bonds is 7. The topological polar surface area (TPSA) is 60.2 Å². The van der Waals surface area contributed by atoms with E-state index < -0.39 is 0 Å². The summed E-state index contributed by atoms with van der Waals surface area (Å²) in [5, 5.41) is 6.00. The van der Waals surface area contributed by atoms with E-state index in [-0.39, 0.29) is 5.41 Å². The lowest BCUT2D eigenvalue weighted by molar-refractivity contribution is 0.660. The van der Waals surface area contributed by atoms with Gasteiger partial charge in [-0.3, -0.25) is 4.57 Å². The second-order valence-electron chi connectivity index (χ2n) is 19.7. The molecule has 6 heteroatoms. The van der Waals surface area contributed by atoms with Crippen LogP contribution < -0.4 is 4.90 Å². The Hall–Kier alpha value is -9.52. The third-order valence-corrected chi connectivity index (χ3v) is 15.2. The molecule has 0 N–H and O–H groups in total. The third-order valence-electron chi connectivity index (χ3n) is 15.2. The molecule has 0 saturated carbocycles. The summed E-state index contributed by atoms with van der Waals surface area (Å²) in [7, 11) is 0. The van der Waals surface area contributed by atoms with Gasteiger partial charge in [0.05, 0.1) is 16.6 Å². The molecule has 0 bridgehead atoms. The van der Waals surface area contributed by atoms with E-state index in [4.69, 9.17) is 18.8 Å². The Kier molecular flexibility index (Phi) is 8.90. The molecule has 0 saturated heterocycles. The van der Waals surface area contributed by atoms with E-state index in [0.717, 1.165) is 117 Å². The highest BCUT2D eigenvalue weighted by Gasteiger charge is 2.36. The number of furan rings is 2. The molecule has 0 atom stereocenters. The van der Waals surface area contributed by atoms with Gasteiger partial charge >= 0.3 is 0 Å². The number of nitrogens with zero attached hydrogens (tertiary/aromatic N) is 4. The van der Waals surface area contributed by atoms with Crippen molar-refractivity contribution in [2.75, 3.05) is 4.90 Å². The Bertz CT molecular complexity index is 4540. The first kappa shape index (κ1) is 41.3. The average Bonchev–Trinajstić information content (AvgIpc) is 4.18. The van der Waals surface area contributed by atoms with Crippen molar-refractivity contribution in [2.24, 2.45) is 0 Å². The Labute approximate surface area is 420 Å². The lowest BCUT2D eigenvalue weighted by Crippen LogP contribution is -2.15. The summed E-state index contributed by atoms with van der Waals surface area (Å²) >= 11 is 0. The zero-order chi connectivity index (χ0) is 48.4. The van der Waals surface area contributed by atoms with Gasteiger partial charge in [0.25, 0.3) is 0 Å².